The fourth-order valence-corrected chi connectivity index (χ4v) is 1.25. The van der Waals surface area contributed by atoms with Crippen LogP contribution in [0.1, 0.15) is 29.3 Å². The summed E-state index contributed by atoms with van der Waals surface area (Å²) in [5, 5.41) is 0. The lowest BCUT2D eigenvalue weighted by Gasteiger charge is -2.11. The summed E-state index contributed by atoms with van der Waals surface area (Å²) in [6.07, 6.45) is -2.59. The zero-order valence-corrected chi connectivity index (χ0v) is 9.17. The number of nitrogens with zero attached hydrogens (tertiary/aromatic N) is 1. The number of rotatable bonds is 4. The van der Waals surface area contributed by atoms with Gasteiger partial charge in [-0.2, -0.15) is 0 Å². The minimum Gasteiger partial charge on any atom is -0.480 e. The van der Waals surface area contributed by atoms with E-state index in [1.807, 2.05) is 0 Å². The number of pyridine rings is 1. The van der Waals surface area contributed by atoms with Crippen molar-refractivity contribution in [3.05, 3.63) is 23.1 Å². The maximum absolute atomic E-state index is 13.2. The molecule has 0 aliphatic carbocycles. The van der Waals surface area contributed by atoms with Crippen LogP contribution >= 0.6 is 0 Å². The molecule has 0 aliphatic rings. The Kier molecular flexibility index (Phi) is 4.30. The standard InChI is InChI=1S/C10H10F3NO3/c1-3-17-10(15)7-6(8(12)13)5(11)4-14-9(7)16-2/h4,8H,3H2,1-2H3. The van der Waals surface area contributed by atoms with Gasteiger partial charge in [-0.3, -0.25) is 0 Å². The van der Waals surface area contributed by atoms with Crippen LogP contribution in [0.2, 0.25) is 0 Å². The molecule has 0 saturated heterocycles. The minimum absolute atomic E-state index is 0.0266. The first kappa shape index (κ1) is 13.3. The second-order valence-corrected chi connectivity index (χ2v) is 2.93. The largest absolute Gasteiger partial charge is 0.480 e. The summed E-state index contributed by atoms with van der Waals surface area (Å²) in [4.78, 5) is 14.9. The van der Waals surface area contributed by atoms with E-state index in [2.05, 4.69) is 14.5 Å². The highest BCUT2D eigenvalue weighted by molar-refractivity contribution is 5.93. The lowest BCUT2D eigenvalue weighted by atomic mass is 10.1. The fraction of sp³-hybridized carbons (Fsp3) is 0.400. The minimum atomic E-state index is -3.16. The number of hydrogen-bond acceptors (Lipinski definition) is 4. The zero-order chi connectivity index (χ0) is 13.0. The number of carbonyl (C=O) groups is 1. The monoisotopic (exact) mass is 249 g/mol. The summed E-state index contributed by atoms with van der Waals surface area (Å²) in [6, 6.07) is 0. The van der Waals surface area contributed by atoms with Crippen LogP contribution in [-0.2, 0) is 4.74 Å². The van der Waals surface area contributed by atoms with E-state index in [4.69, 9.17) is 0 Å². The van der Waals surface area contributed by atoms with Crippen molar-refractivity contribution >= 4 is 5.97 Å². The van der Waals surface area contributed by atoms with Crippen LogP contribution in [0.5, 0.6) is 5.88 Å². The van der Waals surface area contributed by atoms with Gasteiger partial charge in [-0.05, 0) is 6.92 Å². The van der Waals surface area contributed by atoms with E-state index in [1.165, 1.54) is 6.92 Å². The van der Waals surface area contributed by atoms with Crippen LogP contribution in [0.3, 0.4) is 0 Å². The number of hydrogen-bond donors (Lipinski definition) is 0. The quantitative estimate of drug-likeness (QED) is 0.768. The molecule has 0 fully saturated rings. The van der Waals surface area contributed by atoms with Crippen LogP contribution in [0.25, 0.3) is 0 Å². The smallest absolute Gasteiger partial charge is 0.344 e. The lowest BCUT2D eigenvalue weighted by Crippen LogP contribution is -2.13. The maximum atomic E-state index is 13.2. The maximum Gasteiger partial charge on any atom is 0.344 e. The molecule has 1 aromatic rings. The Morgan fingerprint density at radius 3 is 2.65 bits per heavy atom. The molecule has 0 aliphatic heterocycles. The molecule has 17 heavy (non-hydrogen) atoms. The third-order valence-electron chi connectivity index (χ3n) is 1.93. The molecule has 0 atom stereocenters. The van der Waals surface area contributed by atoms with E-state index >= 15 is 0 Å². The first-order valence-electron chi connectivity index (χ1n) is 4.70. The third-order valence-corrected chi connectivity index (χ3v) is 1.93. The Balaban J connectivity index is 3.40. The van der Waals surface area contributed by atoms with Crippen molar-refractivity contribution in [2.45, 2.75) is 13.3 Å². The van der Waals surface area contributed by atoms with Crippen LogP contribution in [0, 0.1) is 5.82 Å². The third kappa shape index (κ3) is 2.66. The van der Waals surface area contributed by atoms with Crippen LogP contribution in [-0.4, -0.2) is 24.7 Å². The second kappa shape index (κ2) is 5.51. The highest BCUT2D eigenvalue weighted by Crippen LogP contribution is 2.31. The van der Waals surface area contributed by atoms with Crippen molar-refractivity contribution in [1.29, 1.82) is 0 Å². The first-order valence-corrected chi connectivity index (χ1v) is 4.70. The van der Waals surface area contributed by atoms with E-state index in [9.17, 15) is 18.0 Å². The molecule has 1 heterocycles. The van der Waals surface area contributed by atoms with Crippen LogP contribution < -0.4 is 4.74 Å². The summed E-state index contributed by atoms with van der Waals surface area (Å²) in [5.41, 5.74) is -1.74. The highest BCUT2D eigenvalue weighted by Gasteiger charge is 2.28. The molecule has 0 amide bonds. The van der Waals surface area contributed by atoms with Gasteiger partial charge in [-0.25, -0.2) is 22.9 Å². The van der Waals surface area contributed by atoms with Gasteiger partial charge >= 0.3 is 5.97 Å². The molecule has 1 rings (SSSR count). The van der Waals surface area contributed by atoms with E-state index in [1.54, 1.807) is 0 Å². The molecule has 1 aromatic heterocycles. The lowest BCUT2D eigenvalue weighted by molar-refractivity contribution is 0.0507. The summed E-state index contributed by atoms with van der Waals surface area (Å²) < 4.78 is 47.8. The number of carbonyl (C=O) groups excluding carboxylic acids is 1. The van der Waals surface area contributed by atoms with Gasteiger partial charge in [-0.15, -0.1) is 0 Å². The first-order chi connectivity index (χ1) is 8.02. The van der Waals surface area contributed by atoms with E-state index in [0.717, 1.165) is 7.11 Å². The number of esters is 1. The molecule has 94 valence electrons. The van der Waals surface area contributed by atoms with Crippen LogP contribution in [0.4, 0.5) is 13.2 Å². The van der Waals surface area contributed by atoms with E-state index < -0.39 is 29.3 Å². The predicted octanol–water partition coefficient (Wildman–Crippen LogP) is 2.34. The Morgan fingerprint density at radius 2 is 2.18 bits per heavy atom. The molecule has 0 spiro atoms. The van der Waals surface area contributed by atoms with E-state index in [-0.39, 0.29) is 12.5 Å². The number of alkyl halides is 2. The van der Waals surface area contributed by atoms with Gasteiger partial charge in [0.05, 0.1) is 25.5 Å². The molecular weight excluding hydrogens is 239 g/mol. The van der Waals surface area contributed by atoms with Gasteiger partial charge in [-0.1, -0.05) is 0 Å². The average molecular weight is 249 g/mol. The van der Waals surface area contributed by atoms with Gasteiger partial charge in [0.15, 0.2) is 5.82 Å². The summed E-state index contributed by atoms with van der Waals surface area (Å²) in [7, 11) is 1.14. The van der Waals surface area contributed by atoms with Crippen LogP contribution in [0.15, 0.2) is 6.20 Å². The van der Waals surface area contributed by atoms with Crippen molar-refractivity contribution < 1.29 is 27.4 Å². The Morgan fingerprint density at radius 1 is 1.53 bits per heavy atom. The SMILES string of the molecule is CCOC(=O)c1c(OC)ncc(F)c1C(F)F. The van der Waals surface area contributed by atoms with E-state index in [0.29, 0.717) is 6.20 Å². The van der Waals surface area contributed by atoms with Gasteiger partial charge < -0.3 is 9.47 Å². The molecule has 0 radical (unpaired) electrons. The fourth-order valence-electron chi connectivity index (χ4n) is 1.25. The summed E-state index contributed by atoms with van der Waals surface area (Å²) in [5.74, 6) is -2.75. The summed E-state index contributed by atoms with van der Waals surface area (Å²) in [6.45, 7) is 1.47. The van der Waals surface area contributed by atoms with Gasteiger partial charge in [0.25, 0.3) is 6.43 Å². The van der Waals surface area contributed by atoms with Crippen molar-refractivity contribution in [3.8, 4) is 5.88 Å². The summed E-state index contributed by atoms with van der Waals surface area (Å²) >= 11 is 0. The molecule has 0 aromatic carbocycles. The molecular formula is C10H10F3NO3. The Bertz CT molecular complexity index is 424. The van der Waals surface area contributed by atoms with Crippen molar-refractivity contribution in [3.63, 3.8) is 0 Å². The molecule has 0 saturated carbocycles. The second-order valence-electron chi connectivity index (χ2n) is 2.93. The number of aromatic nitrogens is 1. The number of methoxy groups -OCH3 is 1. The predicted molar refractivity (Wildman–Crippen MR) is 51.7 cm³/mol. The normalized spacial score (nSPS) is 10.5. The Hall–Kier alpha value is -1.79. The van der Waals surface area contributed by atoms with Crippen molar-refractivity contribution in [1.82, 2.24) is 4.98 Å². The zero-order valence-electron chi connectivity index (χ0n) is 9.17. The number of ether oxygens (including phenoxy) is 2. The number of halogens is 3. The van der Waals surface area contributed by atoms with Gasteiger partial charge in [0.1, 0.15) is 5.56 Å². The molecule has 4 nitrogen and oxygen atoms in total. The topological polar surface area (TPSA) is 48.4 Å². The molecule has 0 unspecified atom stereocenters. The van der Waals surface area contributed by atoms with Gasteiger partial charge in [0, 0.05) is 0 Å². The van der Waals surface area contributed by atoms with Crippen molar-refractivity contribution in [2.24, 2.45) is 0 Å². The Labute approximate surface area is 95.4 Å². The van der Waals surface area contributed by atoms with Crippen molar-refractivity contribution in [2.75, 3.05) is 13.7 Å². The molecule has 0 N–H and O–H groups in total. The highest BCUT2D eigenvalue weighted by atomic mass is 19.3. The molecule has 7 heteroatoms. The van der Waals surface area contributed by atoms with Gasteiger partial charge in [0.2, 0.25) is 5.88 Å². The molecule has 0 bridgehead atoms. The average Bonchev–Trinajstić information content (AvgIpc) is 2.28.